The molecule has 1 atom stereocenters. The SMILES string of the molecule is CC(Sc1nnc(-c2ccncc2)o1)C(=O)N(C)Cc1ccccc1. The predicted octanol–water partition coefficient (Wildman–Crippen LogP) is 3.27. The zero-order chi connectivity index (χ0) is 17.6. The van der Waals surface area contributed by atoms with Crippen molar-refractivity contribution >= 4 is 17.7 Å². The van der Waals surface area contributed by atoms with Gasteiger partial charge in [-0.3, -0.25) is 9.78 Å². The van der Waals surface area contributed by atoms with Crippen LogP contribution in [0.1, 0.15) is 12.5 Å². The smallest absolute Gasteiger partial charge is 0.277 e. The molecule has 3 aromatic rings. The number of amides is 1. The molecular formula is C18H18N4O2S. The molecule has 7 heteroatoms. The minimum Gasteiger partial charge on any atom is -0.411 e. The number of carbonyl (C=O) groups is 1. The van der Waals surface area contributed by atoms with Gasteiger partial charge in [0.15, 0.2) is 0 Å². The van der Waals surface area contributed by atoms with Crippen LogP contribution >= 0.6 is 11.8 Å². The Morgan fingerprint density at radius 2 is 1.88 bits per heavy atom. The normalized spacial score (nSPS) is 11.9. The van der Waals surface area contributed by atoms with Gasteiger partial charge >= 0.3 is 0 Å². The average molecular weight is 354 g/mol. The summed E-state index contributed by atoms with van der Waals surface area (Å²) in [6.07, 6.45) is 3.33. The molecule has 25 heavy (non-hydrogen) atoms. The number of hydrogen-bond acceptors (Lipinski definition) is 6. The molecule has 0 fully saturated rings. The molecule has 0 aliphatic heterocycles. The van der Waals surface area contributed by atoms with E-state index in [1.54, 1.807) is 36.5 Å². The summed E-state index contributed by atoms with van der Waals surface area (Å²) >= 11 is 1.26. The van der Waals surface area contributed by atoms with Crippen molar-refractivity contribution in [3.8, 4) is 11.5 Å². The molecule has 0 bridgehead atoms. The van der Waals surface area contributed by atoms with E-state index in [4.69, 9.17) is 4.42 Å². The maximum absolute atomic E-state index is 12.5. The van der Waals surface area contributed by atoms with Gasteiger partial charge in [-0.05, 0) is 24.6 Å². The molecule has 0 spiro atoms. The fraction of sp³-hybridized carbons (Fsp3) is 0.222. The largest absolute Gasteiger partial charge is 0.411 e. The van der Waals surface area contributed by atoms with E-state index in [0.29, 0.717) is 17.7 Å². The molecule has 1 unspecified atom stereocenters. The monoisotopic (exact) mass is 354 g/mol. The second-order valence-corrected chi connectivity index (χ2v) is 6.84. The second-order valence-electron chi connectivity index (χ2n) is 5.55. The Morgan fingerprint density at radius 3 is 2.60 bits per heavy atom. The maximum Gasteiger partial charge on any atom is 0.277 e. The van der Waals surface area contributed by atoms with Crippen LogP contribution in [0.5, 0.6) is 0 Å². The lowest BCUT2D eigenvalue weighted by atomic mass is 10.2. The molecule has 0 saturated carbocycles. The van der Waals surface area contributed by atoms with E-state index in [1.165, 1.54) is 11.8 Å². The van der Waals surface area contributed by atoms with Crippen molar-refractivity contribution < 1.29 is 9.21 Å². The molecule has 0 saturated heterocycles. The highest BCUT2D eigenvalue weighted by atomic mass is 32.2. The van der Waals surface area contributed by atoms with Gasteiger partial charge in [-0.15, -0.1) is 10.2 Å². The van der Waals surface area contributed by atoms with Crippen molar-refractivity contribution in [2.24, 2.45) is 0 Å². The van der Waals surface area contributed by atoms with Gasteiger partial charge in [-0.1, -0.05) is 42.1 Å². The first-order chi connectivity index (χ1) is 12.1. The molecule has 0 aliphatic rings. The Morgan fingerprint density at radius 1 is 1.16 bits per heavy atom. The Bertz CT molecular complexity index is 823. The van der Waals surface area contributed by atoms with Crippen LogP contribution in [-0.2, 0) is 11.3 Å². The van der Waals surface area contributed by atoms with E-state index in [2.05, 4.69) is 15.2 Å². The van der Waals surface area contributed by atoms with Gasteiger partial charge in [0.1, 0.15) is 0 Å². The third-order valence-electron chi connectivity index (χ3n) is 3.60. The van der Waals surface area contributed by atoms with Gasteiger partial charge < -0.3 is 9.32 Å². The van der Waals surface area contributed by atoms with E-state index in [9.17, 15) is 4.79 Å². The van der Waals surface area contributed by atoms with Crippen molar-refractivity contribution in [3.05, 3.63) is 60.4 Å². The number of carbonyl (C=O) groups excluding carboxylic acids is 1. The molecule has 0 N–H and O–H groups in total. The summed E-state index contributed by atoms with van der Waals surface area (Å²) in [5.41, 5.74) is 1.89. The van der Waals surface area contributed by atoms with Crippen LogP contribution in [0.4, 0.5) is 0 Å². The van der Waals surface area contributed by atoms with Crippen molar-refractivity contribution in [2.75, 3.05) is 7.05 Å². The van der Waals surface area contributed by atoms with Crippen molar-refractivity contribution in [3.63, 3.8) is 0 Å². The van der Waals surface area contributed by atoms with Crippen molar-refractivity contribution in [1.82, 2.24) is 20.1 Å². The van der Waals surface area contributed by atoms with E-state index in [1.807, 2.05) is 37.3 Å². The van der Waals surface area contributed by atoms with E-state index < -0.39 is 0 Å². The van der Waals surface area contributed by atoms with Crippen molar-refractivity contribution in [2.45, 2.75) is 23.9 Å². The summed E-state index contributed by atoms with van der Waals surface area (Å²) in [6.45, 7) is 2.40. The van der Waals surface area contributed by atoms with Crippen LogP contribution < -0.4 is 0 Å². The Hall–Kier alpha value is -2.67. The number of pyridine rings is 1. The standard InChI is InChI=1S/C18H18N4O2S/c1-13(17(23)22(2)12-14-6-4-3-5-7-14)25-18-21-20-16(24-18)15-8-10-19-11-9-15/h3-11,13H,12H2,1-2H3. The van der Waals surface area contributed by atoms with Crippen LogP contribution in [0.15, 0.2) is 64.5 Å². The molecule has 0 aliphatic carbocycles. The summed E-state index contributed by atoms with van der Waals surface area (Å²) < 4.78 is 5.63. The lowest BCUT2D eigenvalue weighted by Crippen LogP contribution is -2.32. The fourth-order valence-electron chi connectivity index (χ4n) is 2.32. The third kappa shape index (κ3) is 4.45. The minimum atomic E-state index is -0.320. The molecule has 2 aromatic heterocycles. The minimum absolute atomic E-state index is 0.0116. The van der Waals surface area contributed by atoms with Crippen molar-refractivity contribution in [1.29, 1.82) is 0 Å². The molecule has 0 radical (unpaired) electrons. The maximum atomic E-state index is 12.5. The molecule has 6 nitrogen and oxygen atoms in total. The summed E-state index contributed by atoms with van der Waals surface area (Å²) in [5.74, 6) is 0.430. The highest BCUT2D eigenvalue weighted by molar-refractivity contribution is 8.00. The summed E-state index contributed by atoms with van der Waals surface area (Å²) in [7, 11) is 1.79. The quantitative estimate of drug-likeness (QED) is 0.633. The molecule has 1 aromatic carbocycles. The summed E-state index contributed by atoms with van der Waals surface area (Å²) in [4.78, 5) is 18.2. The van der Waals surface area contributed by atoms with E-state index in [-0.39, 0.29) is 11.2 Å². The number of aromatic nitrogens is 3. The van der Waals surface area contributed by atoms with Gasteiger partial charge in [0.2, 0.25) is 11.8 Å². The van der Waals surface area contributed by atoms with Gasteiger partial charge in [0.05, 0.1) is 5.25 Å². The van der Waals surface area contributed by atoms with Crippen LogP contribution in [0.2, 0.25) is 0 Å². The number of nitrogens with zero attached hydrogens (tertiary/aromatic N) is 4. The number of hydrogen-bond donors (Lipinski definition) is 0. The number of benzene rings is 1. The first-order valence-corrected chi connectivity index (χ1v) is 8.71. The van der Waals surface area contributed by atoms with Gasteiger partial charge in [0.25, 0.3) is 5.22 Å². The van der Waals surface area contributed by atoms with E-state index >= 15 is 0 Å². The summed E-state index contributed by atoms with van der Waals surface area (Å²) in [5, 5.41) is 8.09. The Balaban J connectivity index is 1.61. The van der Waals surface area contributed by atoms with Crippen LogP contribution in [0.3, 0.4) is 0 Å². The number of rotatable bonds is 6. The predicted molar refractivity (Wildman–Crippen MR) is 95.8 cm³/mol. The zero-order valence-corrected chi connectivity index (χ0v) is 14.8. The average Bonchev–Trinajstić information content (AvgIpc) is 3.11. The Labute approximate surface area is 150 Å². The lowest BCUT2D eigenvalue weighted by molar-refractivity contribution is -0.129. The third-order valence-corrected chi connectivity index (χ3v) is 4.52. The topological polar surface area (TPSA) is 72.1 Å². The summed E-state index contributed by atoms with van der Waals surface area (Å²) in [6, 6.07) is 13.5. The van der Waals surface area contributed by atoms with Crippen LogP contribution in [0.25, 0.3) is 11.5 Å². The zero-order valence-electron chi connectivity index (χ0n) is 14.0. The van der Waals surface area contributed by atoms with Crippen LogP contribution in [0, 0.1) is 0 Å². The van der Waals surface area contributed by atoms with Gasteiger partial charge in [-0.25, -0.2) is 0 Å². The fourth-order valence-corrected chi connectivity index (χ4v) is 3.11. The molecule has 3 rings (SSSR count). The first-order valence-electron chi connectivity index (χ1n) is 7.83. The Kier molecular flexibility index (Phi) is 5.45. The second kappa shape index (κ2) is 7.94. The molecule has 128 valence electrons. The van der Waals surface area contributed by atoms with E-state index in [0.717, 1.165) is 11.1 Å². The number of thioether (sulfide) groups is 1. The first kappa shape index (κ1) is 17.2. The highest BCUT2D eigenvalue weighted by Gasteiger charge is 2.22. The van der Waals surface area contributed by atoms with Gasteiger partial charge in [-0.2, -0.15) is 0 Å². The van der Waals surface area contributed by atoms with Crippen LogP contribution in [-0.4, -0.2) is 38.3 Å². The lowest BCUT2D eigenvalue weighted by Gasteiger charge is -2.20. The highest BCUT2D eigenvalue weighted by Crippen LogP contribution is 2.26. The molecular weight excluding hydrogens is 336 g/mol. The van der Waals surface area contributed by atoms with Gasteiger partial charge in [0, 0.05) is 31.5 Å². The molecule has 1 amide bonds. The molecule has 2 heterocycles.